The first-order chi connectivity index (χ1) is 15.0. The number of sulfonamides is 1. The molecule has 2 aromatic carbocycles. The van der Waals surface area contributed by atoms with E-state index in [-0.39, 0.29) is 18.2 Å². The van der Waals surface area contributed by atoms with Crippen molar-refractivity contribution in [3.63, 3.8) is 0 Å². The van der Waals surface area contributed by atoms with E-state index in [2.05, 4.69) is 16.3 Å². The van der Waals surface area contributed by atoms with Crippen LogP contribution in [0.3, 0.4) is 0 Å². The number of hydrogen-bond donors (Lipinski definition) is 1. The van der Waals surface area contributed by atoms with Gasteiger partial charge < -0.3 is 5.32 Å². The van der Waals surface area contributed by atoms with Gasteiger partial charge in [-0.05, 0) is 61.5 Å². The van der Waals surface area contributed by atoms with E-state index in [4.69, 9.17) is 0 Å². The second-order valence-electron chi connectivity index (χ2n) is 8.40. The van der Waals surface area contributed by atoms with Crippen molar-refractivity contribution in [1.82, 2.24) is 14.5 Å². The molecule has 2 aromatic rings. The van der Waals surface area contributed by atoms with Crippen molar-refractivity contribution < 1.29 is 13.2 Å². The Morgan fingerprint density at radius 3 is 2.35 bits per heavy atom. The van der Waals surface area contributed by atoms with Gasteiger partial charge in [0.25, 0.3) is 0 Å². The van der Waals surface area contributed by atoms with Crippen molar-refractivity contribution in [2.75, 3.05) is 18.8 Å². The van der Waals surface area contributed by atoms with Gasteiger partial charge in [-0.1, -0.05) is 48.5 Å². The highest BCUT2D eigenvalue weighted by Gasteiger charge is 2.37. The Morgan fingerprint density at radius 1 is 1.00 bits per heavy atom. The number of rotatable bonds is 7. The first-order valence-electron chi connectivity index (χ1n) is 11.1. The van der Waals surface area contributed by atoms with Crippen LogP contribution < -0.4 is 5.32 Å². The summed E-state index contributed by atoms with van der Waals surface area (Å²) >= 11 is 0. The van der Waals surface area contributed by atoms with Crippen LogP contribution in [0.25, 0.3) is 0 Å². The van der Waals surface area contributed by atoms with Gasteiger partial charge in [-0.2, -0.15) is 4.31 Å². The van der Waals surface area contributed by atoms with E-state index in [0.717, 1.165) is 36.3 Å². The summed E-state index contributed by atoms with van der Waals surface area (Å²) in [6.45, 7) is 5.40. The Kier molecular flexibility index (Phi) is 6.74. The van der Waals surface area contributed by atoms with Gasteiger partial charge in [0.1, 0.15) is 6.04 Å². The maximum absolute atomic E-state index is 13.2. The monoisotopic (exact) mass is 441 g/mol. The third kappa shape index (κ3) is 5.00. The quantitative estimate of drug-likeness (QED) is 0.717. The number of amides is 1. The summed E-state index contributed by atoms with van der Waals surface area (Å²) < 4.78 is 26.9. The molecule has 0 saturated carbocycles. The van der Waals surface area contributed by atoms with Crippen molar-refractivity contribution in [2.45, 2.75) is 51.9 Å². The van der Waals surface area contributed by atoms with E-state index >= 15 is 0 Å². The number of carbonyl (C=O) groups is 1. The topological polar surface area (TPSA) is 69.7 Å². The Bertz CT molecular complexity index is 1030. The van der Waals surface area contributed by atoms with E-state index in [1.807, 2.05) is 42.5 Å². The molecular formula is C24H31N3O3S. The maximum Gasteiger partial charge on any atom is 0.239 e. The Labute approximate surface area is 185 Å². The highest BCUT2D eigenvalue weighted by Crippen LogP contribution is 2.26. The second kappa shape index (κ2) is 9.51. The van der Waals surface area contributed by atoms with Crippen molar-refractivity contribution in [3.8, 4) is 0 Å². The van der Waals surface area contributed by atoms with Crippen molar-refractivity contribution >= 4 is 15.9 Å². The fourth-order valence-electron chi connectivity index (χ4n) is 4.55. The van der Waals surface area contributed by atoms with Gasteiger partial charge in [0.2, 0.25) is 15.9 Å². The molecule has 6 nitrogen and oxygen atoms in total. The highest BCUT2D eigenvalue weighted by atomic mass is 32.2. The Morgan fingerprint density at radius 2 is 1.65 bits per heavy atom. The molecule has 2 heterocycles. The lowest BCUT2D eigenvalue weighted by Gasteiger charge is -2.34. The van der Waals surface area contributed by atoms with Gasteiger partial charge >= 0.3 is 0 Å². The number of fused-ring (bicyclic) bond motifs is 1. The predicted octanol–water partition coefficient (Wildman–Crippen LogP) is 2.68. The normalized spacial score (nSPS) is 19.8. The van der Waals surface area contributed by atoms with Gasteiger partial charge in [0.05, 0.1) is 5.75 Å². The second-order valence-corrected chi connectivity index (χ2v) is 10.6. The van der Waals surface area contributed by atoms with Gasteiger partial charge in [-0.15, -0.1) is 0 Å². The number of nitrogens with one attached hydrogen (secondary N) is 1. The highest BCUT2D eigenvalue weighted by molar-refractivity contribution is 7.89. The van der Waals surface area contributed by atoms with Crippen LogP contribution in [0, 0.1) is 0 Å². The van der Waals surface area contributed by atoms with Gasteiger partial charge in [-0.3, -0.25) is 9.69 Å². The van der Waals surface area contributed by atoms with Crippen LogP contribution in [0.1, 0.15) is 42.0 Å². The van der Waals surface area contributed by atoms with Crippen molar-refractivity contribution in [1.29, 1.82) is 0 Å². The minimum atomic E-state index is -3.50. The zero-order chi connectivity index (χ0) is 21.8. The first-order valence-corrected chi connectivity index (χ1v) is 12.7. The Hall–Kier alpha value is -2.22. The molecule has 1 fully saturated rings. The van der Waals surface area contributed by atoms with Crippen LogP contribution in [0.4, 0.5) is 0 Å². The number of likely N-dealkylation sites (tertiary alicyclic amines) is 1. The molecule has 0 radical (unpaired) electrons. The molecule has 0 bridgehead atoms. The molecule has 1 amide bonds. The summed E-state index contributed by atoms with van der Waals surface area (Å²) in [5.41, 5.74) is 4.32. The van der Waals surface area contributed by atoms with Gasteiger partial charge in [0, 0.05) is 19.6 Å². The molecule has 7 heteroatoms. The number of nitrogens with zero attached hydrogens (tertiary/aromatic N) is 2. The van der Waals surface area contributed by atoms with Crippen LogP contribution in [-0.2, 0) is 40.9 Å². The molecule has 1 atom stereocenters. The van der Waals surface area contributed by atoms with Gasteiger partial charge in [0.15, 0.2) is 0 Å². The van der Waals surface area contributed by atoms with Crippen LogP contribution in [0.15, 0.2) is 48.5 Å². The minimum absolute atomic E-state index is 0.0163. The summed E-state index contributed by atoms with van der Waals surface area (Å²) in [7, 11) is -3.50. The molecule has 1 unspecified atom stereocenters. The average Bonchev–Trinajstić information content (AvgIpc) is 3.30. The molecule has 0 aliphatic carbocycles. The van der Waals surface area contributed by atoms with Crippen molar-refractivity contribution in [3.05, 3.63) is 70.8 Å². The zero-order valence-electron chi connectivity index (χ0n) is 18.1. The molecule has 4 rings (SSSR count). The summed E-state index contributed by atoms with van der Waals surface area (Å²) in [6.07, 6.45) is 2.88. The third-order valence-corrected chi connectivity index (χ3v) is 8.22. The third-order valence-electron chi connectivity index (χ3n) is 6.39. The van der Waals surface area contributed by atoms with Crippen LogP contribution in [0.5, 0.6) is 0 Å². The smallest absolute Gasteiger partial charge is 0.239 e. The molecule has 1 saturated heterocycles. The Balaban J connectivity index is 1.50. The van der Waals surface area contributed by atoms with E-state index in [1.165, 1.54) is 22.7 Å². The number of hydrogen-bond acceptors (Lipinski definition) is 4. The predicted molar refractivity (Wildman–Crippen MR) is 122 cm³/mol. The molecule has 31 heavy (non-hydrogen) atoms. The lowest BCUT2D eigenvalue weighted by Crippen LogP contribution is -2.52. The van der Waals surface area contributed by atoms with Crippen molar-refractivity contribution in [2.24, 2.45) is 0 Å². The summed E-state index contributed by atoms with van der Waals surface area (Å²) in [5.74, 6) is -0.250. The fraction of sp³-hybridized carbons (Fsp3) is 0.458. The first kappa shape index (κ1) is 22.0. The molecule has 166 valence electrons. The van der Waals surface area contributed by atoms with Crippen LogP contribution in [-0.4, -0.2) is 48.4 Å². The number of carbonyl (C=O) groups excluding carboxylic acids is 1. The largest absolute Gasteiger partial charge is 0.351 e. The lowest BCUT2D eigenvalue weighted by molar-refractivity contribution is -0.125. The molecule has 1 N–H and O–H groups in total. The van der Waals surface area contributed by atoms with E-state index in [9.17, 15) is 13.2 Å². The van der Waals surface area contributed by atoms with E-state index < -0.39 is 16.1 Å². The summed E-state index contributed by atoms with van der Waals surface area (Å²) in [5, 5.41) is 3.03. The molecule has 0 spiro atoms. The fourth-order valence-corrected chi connectivity index (χ4v) is 5.77. The standard InChI is InChI=1S/C24H31N3O3S/c1-2-31(29,30)27-18-22-12-5-3-9-19(22)15-23(27)24(28)25-16-20-10-4-6-11-21(20)17-26-13-7-8-14-26/h3-6,9-12,23H,2,7-8,13-18H2,1H3,(H,25,28). The maximum atomic E-state index is 13.2. The molecule has 2 aliphatic rings. The zero-order valence-corrected chi connectivity index (χ0v) is 18.9. The minimum Gasteiger partial charge on any atom is -0.351 e. The molecule has 0 aromatic heterocycles. The van der Waals surface area contributed by atoms with Gasteiger partial charge in [-0.25, -0.2) is 8.42 Å². The average molecular weight is 442 g/mol. The lowest BCUT2D eigenvalue weighted by atomic mass is 9.95. The SMILES string of the molecule is CCS(=O)(=O)N1Cc2ccccc2CC1C(=O)NCc1ccccc1CN1CCCC1. The van der Waals surface area contributed by atoms with E-state index in [1.54, 1.807) is 6.92 Å². The van der Waals surface area contributed by atoms with Crippen LogP contribution in [0.2, 0.25) is 0 Å². The molecule has 2 aliphatic heterocycles. The number of benzene rings is 2. The summed E-state index contributed by atoms with van der Waals surface area (Å²) in [6, 6.07) is 15.2. The summed E-state index contributed by atoms with van der Waals surface area (Å²) in [4.78, 5) is 15.6. The molecular weight excluding hydrogens is 410 g/mol. The van der Waals surface area contributed by atoms with E-state index in [0.29, 0.717) is 13.0 Å². The van der Waals surface area contributed by atoms with Crippen LogP contribution >= 0.6 is 0 Å².